The van der Waals surface area contributed by atoms with E-state index in [1.54, 1.807) is 14.2 Å². The average Bonchev–Trinajstić information content (AvgIpc) is 4.21. The van der Waals surface area contributed by atoms with Gasteiger partial charge in [-0.05, 0) is 57.8 Å². The van der Waals surface area contributed by atoms with Gasteiger partial charge < -0.3 is 120 Å². The minimum absolute atomic E-state index is 0.000465. The lowest BCUT2D eigenvalue weighted by Crippen LogP contribution is -2.61. The van der Waals surface area contributed by atoms with Gasteiger partial charge in [-0.25, -0.2) is 0 Å². The lowest BCUT2D eigenvalue weighted by atomic mass is 10.0. The van der Waals surface area contributed by atoms with Crippen LogP contribution in [0.4, 0.5) is 0 Å². The summed E-state index contributed by atoms with van der Waals surface area (Å²) >= 11 is 0. The van der Waals surface area contributed by atoms with Gasteiger partial charge >= 0.3 is 0 Å². The van der Waals surface area contributed by atoms with Crippen LogP contribution in [0.25, 0.3) is 0 Å². The Morgan fingerprint density at radius 2 is 0.722 bits per heavy atom. The van der Waals surface area contributed by atoms with E-state index in [0.717, 1.165) is 6.42 Å². The Balaban J connectivity index is 0.756. The number of ether oxygens (including phenoxy) is 21. The molecule has 456 valence electrons. The molecule has 0 bridgehead atoms. The molecule has 10 saturated heterocycles. The fraction of sp³-hybridized carbons (Fsp3) is 1.00. The number of aliphatic hydroxyl groups excluding tert-OH is 4. The summed E-state index contributed by atoms with van der Waals surface area (Å²) in [6.07, 6.45) is -1.15. The fourth-order valence-corrected chi connectivity index (χ4v) is 12.0. The molecule has 25 nitrogen and oxygen atoms in total. The van der Waals surface area contributed by atoms with E-state index in [1.165, 1.54) is 0 Å². The quantitative estimate of drug-likeness (QED) is 0.107. The van der Waals surface area contributed by atoms with Crippen molar-refractivity contribution in [2.24, 2.45) is 11.8 Å². The predicted molar refractivity (Wildman–Crippen MR) is 266 cm³/mol. The highest BCUT2D eigenvalue weighted by Crippen LogP contribution is 2.37. The highest BCUT2D eigenvalue weighted by molar-refractivity contribution is 4.91. The van der Waals surface area contributed by atoms with Gasteiger partial charge in [0, 0.05) is 84.2 Å². The van der Waals surface area contributed by atoms with Crippen molar-refractivity contribution in [3.63, 3.8) is 0 Å². The van der Waals surface area contributed by atoms with Gasteiger partial charge in [-0.2, -0.15) is 0 Å². The molecular formula is C54H90O25. The normalized spacial score (nSPS) is 45.6. The molecule has 24 atom stereocenters. The molecule has 0 spiro atoms. The molecule has 25 heteroatoms. The maximum Gasteiger partial charge on any atom is 0.187 e. The summed E-state index contributed by atoms with van der Waals surface area (Å²) in [5, 5.41) is 39.1. The molecule has 10 heterocycles. The van der Waals surface area contributed by atoms with E-state index >= 15 is 0 Å². The van der Waals surface area contributed by atoms with E-state index < -0.39 is 106 Å². The number of methoxy groups -OCH3 is 2. The van der Waals surface area contributed by atoms with Crippen LogP contribution >= 0.6 is 0 Å². The molecule has 10 aliphatic heterocycles. The smallest absolute Gasteiger partial charge is 0.187 e. The van der Waals surface area contributed by atoms with Gasteiger partial charge in [0.05, 0.1) is 109 Å². The van der Waals surface area contributed by atoms with E-state index in [1.807, 2.05) is 0 Å². The Labute approximate surface area is 463 Å². The van der Waals surface area contributed by atoms with E-state index in [-0.39, 0.29) is 102 Å². The van der Waals surface area contributed by atoms with Gasteiger partial charge in [0.25, 0.3) is 0 Å². The highest BCUT2D eigenvalue weighted by atomic mass is 16.8. The Hall–Kier alpha value is -1.00. The van der Waals surface area contributed by atoms with Crippen LogP contribution in [0.1, 0.15) is 103 Å². The molecule has 0 aliphatic carbocycles. The van der Waals surface area contributed by atoms with Crippen LogP contribution in [0.2, 0.25) is 0 Å². The minimum atomic E-state index is -0.929. The molecule has 24 unspecified atom stereocenters. The van der Waals surface area contributed by atoms with Crippen molar-refractivity contribution in [2.45, 2.75) is 239 Å². The number of rotatable bonds is 24. The highest BCUT2D eigenvalue weighted by Gasteiger charge is 2.50. The Morgan fingerprint density at radius 1 is 0.304 bits per heavy atom. The summed E-state index contributed by atoms with van der Waals surface area (Å²) in [7, 11) is 3.28. The molecule has 0 aromatic carbocycles. The summed E-state index contributed by atoms with van der Waals surface area (Å²) < 4.78 is 132. The van der Waals surface area contributed by atoms with Crippen molar-refractivity contribution in [3.8, 4) is 0 Å². The molecular weight excluding hydrogens is 1050 g/mol. The first-order valence-electron chi connectivity index (χ1n) is 29.3. The van der Waals surface area contributed by atoms with Crippen LogP contribution in [-0.4, -0.2) is 250 Å². The molecule has 0 aromatic heterocycles. The van der Waals surface area contributed by atoms with E-state index in [4.69, 9.17) is 99.5 Å². The molecule has 10 fully saturated rings. The lowest BCUT2D eigenvalue weighted by molar-refractivity contribution is -0.369. The zero-order valence-corrected chi connectivity index (χ0v) is 46.0. The molecule has 0 radical (unpaired) electrons. The third kappa shape index (κ3) is 17.3. The third-order valence-corrected chi connectivity index (χ3v) is 16.8. The first-order chi connectivity index (χ1) is 38.7. The van der Waals surface area contributed by atoms with Crippen LogP contribution in [-0.2, 0) is 99.5 Å². The summed E-state index contributed by atoms with van der Waals surface area (Å²) in [6, 6.07) is 0. The van der Waals surface area contributed by atoms with Gasteiger partial charge in [0.2, 0.25) is 0 Å². The second-order valence-corrected chi connectivity index (χ2v) is 22.6. The SMILES string of the molecule is COC1CCC(OC2COC(OC3CCC(OC4COC(OC5CCC(OC6COC(OC)CC6OC6CCC(CO)O6)OC5)C(OC5CCC(CO)CO5)C4OC4CCC(CO)CO4)OC3)CC2OC2CCC(CO)O2)OC1. The van der Waals surface area contributed by atoms with Crippen molar-refractivity contribution < 1.29 is 120 Å². The molecule has 79 heavy (non-hydrogen) atoms. The minimum Gasteiger partial charge on any atom is -0.396 e. The largest absolute Gasteiger partial charge is 0.396 e. The molecule has 10 rings (SSSR count). The maximum atomic E-state index is 9.91. The molecule has 0 amide bonds. The number of hydrogen-bond donors (Lipinski definition) is 4. The monoisotopic (exact) mass is 1140 g/mol. The Bertz CT molecular complexity index is 1710. The predicted octanol–water partition coefficient (Wildman–Crippen LogP) is 1.86. The Kier molecular flexibility index (Phi) is 23.9. The molecule has 0 aromatic rings. The lowest BCUT2D eigenvalue weighted by Gasteiger charge is -2.47. The van der Waals surface area contributed by atoms with Crippen molar-refractivity contribution in [3.05, 3.63) is 0 Å². The Morgan fingerprint density at radius 3 is 1.19 bits per heavy atom. The van der Waals surface area contributed by atoms with Gasteiger partial charge in [-0.15, -0.1) is 0 Å². The fourth-order valence-electron chi connectivity index (χ4n) is 12.0. The van der Waals surface area contributed by atoms with Crippen LogP contribution in [0.3, 0.4) is 0 Å². The molecule has 10 aliphatic rings. The van der Waals surface area contributed by atoms with Gasteiger partial charge in [-0.3, -0.25) is 0 Å². The molecule has 0 saturated carbocycles. The van der Waals surface area contributed by atoms with Crippen LogP contribution in [0.5, 0.6) is 0 Å². The summed E-state index contributed by atoms with van der Waals surface area (Å²) in [5.41, 5.74) is 0. The van der Waals surface area contributed by atoms with Gasteiger partial charge in [-0.1, -0.05) is 0 Å². The van der Waals surface area contributed by atoms with Crippen molar-refractivity contribution in [2.75, 3.05) is 93.5 Å². The van der Waals surface area contributed by atoms with Crippen LogP contribution in [0, 0.1) is 11.8 Å². The van der Waals surface area contributed by atoms with E-state index in [2.05, 4.69) is 0 Å². The van der Waals surface area contributed by atoms with Crippen LogP contribution in [0.15, 0.2) is 0 Å². The first kappa shape index (κ1) is 61.1. The second kappa shape index (κ2) is 30.9. The van der Waals surface area contributed by atoms with Gasteiger partial charge in [0.1, 0.15) is 30.5 Å². The summed E-state index contributed by atoms with van der Waals surface area (Å²) in [5.74, 6) is 0.00600. The number of aliphatic hydroxyl groups is 4. The first-order valence-corrected chi connectivity index (χ1v) is 29.3. The third-order valence-electron chi connectivity index (χ3n) is 16.8. The van der Waals surface area contributed by atoms with E-state index in [9.17, 15) is 20.4 Å². The topological polar surface area (TPSA) is 275 Å². The maximum absolute atomic E-state index is 9.91. The molecule has 4 N–H and O–H groups in total. The average molecular weight is 1140 g/mol. The van der Waals surface area contributed by atoms with E-state index in [0.29, 0.717) is 116 Å². The van der Waals surface area contributed by atoms with Crippen molar-refractivity contribution in [1.29, 1.82) is 0 Å². The van der Waals surface area contributed by atoms with Crippen molar-refractivity contribution in [1.82, 2.24) is 0 Å². The van der Waals surface area contributed by atoms with Gasteiger partial charge in [0.15, 0.2) is 62.9 Å². The number of hydrogen-bond acceptors (Lipinski definition) is 25. The van der Waals surface area contributed by atoms with Crippen LogP contribution < -0.4 is 0 Å². The summed E-state index contributed by atoms with van der Waals surface area (Å²) in [4.78, 5) is 0. The zero-order valence-electron chi connectivity index (χ0n) is 46.0. The standard InChI is InChI=1S/C54H90O25/c1-59-35-7-12-43(63-25-35)76-41-29-67-51(18-39(41)74-49-16-6-34(22-58)70-49)71-36-8-13-45(64-26-36)77-42-30-68-54(53(79-47-11-4-32(20-56)24-62-47)52(42)78-46-10-3-31(19-55)23-61-46)72-37-9-14-44(65-27-37)75-40-28-66-50(60-2)17-38(40)73-48-15-5-33(21-57)69-48/h31-58H,3-30H2,1-2H3. The van der Waals surface area contributed by atoms with Crippen molar-refractivity contribution >= 4 is 0 Å². The summed E-state index contributed by atoms with van der Waals surface area (Å²) in [6.45, 7) is 2.02. The zero-order chi connectivity index (χ0) is 54.5. The second-order valence-electron chi connectivity index (χ2n) is 22.6.